The van der Waals surface area contributed by atoms with E-state index >= 15 is 0 Å². The van der Waals surface area contributed by atoms with Crippen LogP contribution in [0.1, 0.15) is 33.9 Å². The Morgan fingerprint density at radius 3 is 2.48 bits per heavy atom. The fourth-order valence-electron chi connectivity index (χ4n) is 2.62. The van der Waals surface area contributed by atoms with Gasteiger partial charge in [-0.25, -0.2) is 4.98 Å². The van der Waals surface area contributed by atoms with Gasteiger partial charge < -0.3 is 14.6 Å². The predicted molar refractivity (Wildman–Crippen MR) is 106 cm³/mol. The molecule has 0 fully saturated rings. The Hall–Kier alpha value is -3.29. The molecule has 1 aromatic carbocycles. The number of aromatic nitrogens is 4. The molecule has 176 valence electrons. The van der Waals surface area contributed by atoms with Gasteiger partial charge in [0.1, 0.15) is 17.7 Å². The van der Waals surface area contributed by atoms with Crippen LogP contribution in [0.15, 0.2) is 47.9 Å². The lowest BCUT2D eigenvalue weighted by molar-refractivity contribution is -0.274. The monoisotopic (exact) mass is 491 g/mol. The van der Waals surface area contributed by atoms with Gasteiger partial charge in [0.2, 0.25) is 0 Å². The Kier molecular flexibility index (Phi) is 6.86. The number of pyridine rings is 1. The molecule has 0 aliphatic rings. The van der Waals surface area contributed by atoms with Crippen molar-refractivity contribution in [1.82, 2.24) is 19.7 Å². The average molecular weight is 491 g/mol. The zero-order valence-corrected chi connectivity index (χ0v) is 17.7. The van der Waals surface area contributed by atoms with Gasteiger partial charge in [0.05, 0.1) is 5.69 Å². The van der Waals surface area contributed by atoms with Gasteiger partial charge in [-0.05, 0) is 36.8 Å². The second-order valence-electron chi connectivity index (χ2n) is 6.65. The van der Waals surface area contributed by atoms with Crippen molar-refractivity contribution in [2.45, 2.75) is 29.9 Å². The van der Waals surface area contributed by atoms with E-state index in [9.17, 15) is 31.1 Å². The minimum Gasteiger partial charge on any atom is -0.404 e. The lowest BCUT2D eigenvalue weighted by Gasteiger charge is -2.17. The third-order valence-corrected chi connectivity index (χ3v) is 5.38. The summed E-state index contributed by atoms with van der Waals surface area (Å²) in [5.74, 6) is -1.87. The molecular weight excluding hydrogens is 476 g/mol. The van der Waals surface area contributed by atoms with Crippen LogP contribution in [0, 0.1) is 0 Å². The number of thioether (sulfide) groups is 1. The second kappa shape index (κ2) is 9.29. The van der Waals surface area contributed by atoms with Gasteiger partial charge in [-0.3, -0.25) is 4.79 Å². The Bertz CT molecular complexity index is 1150. The highest BCUT2D eigenvalue weighted by atomic mass is 32.2. The van der Waals surface area contributed by atoms with Crippen LogP contribution in [-0.4, -0.2) is 32.0 Å². The van der Waals surface area contributed by atoms with Crippen molar-refractivity contribution in [1.29, 1.82) is 0 Å². The number of nitrogens with zero attached hydrogens (tertiary/aromatic N) is 4. The van der Waals surface area contributed by atoms with Crippen LogP contribution in [0.4, 0.5) is 32.0 Å². The van der Waals surface area contributed by atoms with Gasteiger partial charge in [-0.1, -0.05) is 23.9 Å². The van der Waals surface area contributed by atoms with E-state index in [1.54, 1.807) is 18.5 Å². The first kappa shape index (κ1) is 24.4. The maximum Gasteiger partial charge on any atom is 0.573 e. The number of halogens is 6. The van der Waals surface area contributed by atoms with Crippen molar-refractivity contribution < 1.29 is 35.9 Å². The molecule has 0 saturated carbocycles. The van der Waals surface area contributed by atoms with Crippen molar-refractivity contribution in [3.63, 3.8) is 0 Å². The van der Waals surface area contributed by atoms with Gasteiger partial charge in [-0.2, -0.15) is 13.2 Å². The summed E-state index contributed by atoms with van der Waals surface area (Å²) in [5, 5.41) is 10.0. The van der Waals surface area contributed by atoms with Gasteiger partial charge >= 0.3 is 12.5 Å². The number of carbonyl (C=O) groups is 1. The van der Waals surface area contributed by atoms with E-state index in [2.05, 4.69) is 25.2 Å². The van der Waals surface area contributed by atoms with Crippen LogP contribution < -0.4 is 10.1 Å². The summed E-state index contributed by atoms with van der Waals surface area (Å²) in [6.07, 6.45) is -8.38. The third-order valence-electron chi connectivity index (χ3n) is 4.17. The summed E-state index contributed by atoms with van der Waals surface area (Å²) in [6, 6.07) is 6.25. The maximum atomic E-state index is 12.9. The van der Waals surface area contributed by atoms with E-state index in [-0.39, 0.29) is 10.9 Å². The minimum absolute atomic E-state index is 0.338. The molecule has 7 nitrogen and oxygen atoms in total. The Morgan fingerprint density at radius 1 is 1.15 bits per heavy atom. The van der Waals surface area contributed by atoms with Crippen molar-refractivity contribution in [3.8, 4) is 5.75 Å². The molecule has 0 radical (unpaired) electrons. The van der Waals surface area contributed by atoms with Crippen molar-refractivity contribution in [2.24, 2.45) is 7.05 Å². The summed E-state index contributed by atoms with van der Waals surface area (Å²) >= 11 is 1.25. The molecule has 1 amide bonds. The molecule has 33 heavy (non-hydrogen) atoms. The summed E-state index contributed by atoms with van der Waals surface area (Å²) in [5.41, 5.74) is -1.84. The van der Waals surface area contributed by atoms with E-state index in [1.807, 2.05) is 0 Å². The second-order valence-corrected chi connectivity index (χ2v) is 7.96. The molecule has 0 aliphatic carbocycles. The molecule has 0 bridgehead atoms. The zero-order chi connectivity index (χ0) is 24.4. The van der Waals surface area contributed by atoms with Gasteiger partial charge in [0.15, 0.2) is 10.9 Å². The maximum absolute atomic E-state index is 12.9. The Balaban J connectivity index is 1.91. The van der Waals surface area contributed by atoms with Crippen LogP contribution in [0.2, 0.25) is 0 Å². The highest BCUT2D eigenvalue weighted by Gasteiger charge is 2.34. The van der Waals surface area contributed by atoms with E-state index in [0.717, 1.165) is 18.2 Å². The molecule has 2 aromatic heterocycles. The van der Waals surface area contributed by atoms with Crippen LogP contribution >= 0.6 is 11.8 Å². The number of alkyl halides is 6. The summed E-state index contributed by atoms with van der Waals surface area (Å²) in [4.78, 5) is 15.7. The number of benzene rings is 1. The lowest BCUT2D eigenvalue weighted by atomic mass is 10.1. The lowest BCUT2D eigenvalue weighted by Crippen LogP contribution is -2.21. The first-order chi connectivity index (χ1) is 15.3. The Labute approximate surface area is 187 Å². The van der Waals surface area contributed by atoms with Crippen LogP contribution in [0.5, 0.6) is 5.75 Å². The number of hydrogen-bond acceptors (Lipinski definition) is 6. The normalized spacial score (nSPS) is 13.0. The van der Waals surface area contributed by atoms with Crippen LogP contribution in [0.25, 0.3) is 0 Å². The molecule has 0 spiro atoms. The molecule has 1 N–H and O–H groups in total. The smallest absolute Gasteiger partial charge is 0.404 e. The zero-order valence-electron chi connectivity index (χ0n) is 16.9. The summed E-state index contributed by atoms with van der Waals surface area (Å²) < 4.78 is 82.7. The van der Waals surface area contributed by atoms with Crippen LogP contribution in [-0.2, 0) is 13.2 Å². The van der Waals surface area contributed by atoms with E-state index in [4.69, 9.17) is 0 Å². The van der Waals surface area contributed by atoms with Crippen molar-refractivity contribution >= 4 is 23.4 Å². The van der Waals surface area contributed by atoms with Crippen LogP contribution in [0.3, 0.4) is 0 Å². The molecule has 1 unspecified atom stereocenters. The molecule has 2 heterocycles. The van der Waals surface area contributed by atoms with Crippen molar-refractivity contribution in [3.05, 3.63) is 59.7 Å². The molecule has 14 heteroatoms. The third kappa shape index (κ3) is 6.37. The summed E-state index contributed by atoms with van der Waals surface area (Å²) in [7, 11) is 1.71. The predicted octanol–water partition coefficient (Wildman–Crippen LogP) is 5.23. The molecule has 3 rings (SSSR count). The molecule has 1 atom stereocenters. The van der Waals surface area contributed by atoms with E-state index < -0.39 is 35.6 Å². The number of nitrogens with one attached hydrogen (secondary N) is 1. The number of aryl methyl sites for hydroxylation is 1. The number of anilines is 1. The number of amides is 1. The van der Waals surface area contributed by atoms with E-state index in [0.29, 0.717) is 16.8 Å². The van der Waals surface area contributed by atoms with Gasteiger partial charge in [0, 0.05) is 12.3 Å². The minimum atomic E-state index is -5.06. The highest BCUT2D eigenvalue weighted by Crippen LogP contribution is 2.38. The Morgan fingerprint density at radius 2 is 1.88 bits per heavy atom. The molecule has 0 aliphatic heterocycles. The number of rotatable bonds is 6. The highest BCUT2D eigenvalue weighted by molar-refractivity contribution is 7.99. The van der Waals surface area contributed by atoms with Gasteiger partial charge in [-0.15, -0.1) is 23.4 Å². The fraction of sp³-hybridized carbons (Fsp3) is 0.263. The molecule has 3 aromatic rings. The quantitative estimate of drug-likeness (QED) is 0.376. The first-order valence-corrected chi connectivity index (χ1v) is 9.97. The number of ether oxygens (including phenoxy) is 1. The topological polar surface area (TPSA) is 81.9 Å². The largest absolute Gasteiger partial charge is 0.573 e. The standard InChI is InChI=1S/C19H15F6N5O2S/c1-10(33-17-29-26-9-30(17)2)11-6-7-14(32-19(23,24)25)13(8-11)28-16(31)12-4-3-5-15(27-12)18(20,21)22/h3-10H,1-2H3,(H,28,31). The number of hydrogen-bond donors (Lipinski definition) is 1. The SMILES string of the molecule is CC(Sc1nncn1C)c1ccc(OC(F)(F)F)c(NC(=O)c2cccc(C(F)(F)F)n2)c1. The van der Waals surface area contributed by atoms with Gasteiger partial charge in [0.25, 0.3) is 5.91 Å². The van der Waals surface area contributed by atoms with Crippen molar-refractivity contribution in [2.75, 3.05) is 5.32 Å². The number of carbonyl (C=O) groups excluding carboxylic acids is 1. The molecular formula is C19H15F6N5O2S. The van der Waals surface area contributed by atoms with E-state index in [1.165, 1.54) is 30.2 Å². The first-order valence-electron chi connectivity index (χ1n) is 9.09. The average Bonchev–Trinajstić information content (AvgIpc) is 3.12. The summed E-state index contributed by atoms with van der Waals surface area (Å²) in [6.45, 7) is 1.75. The fourth-order valence-corrected chi connectivity index (χ4v) is 3.53. The molecule has 0 saturated heterocycles.